The van der Waals surface area contributed by atoms with E-state index in [4.69, 9.17) is 9.15 Å². The van der Waals surface area contributed by atoms with Crippen LogP contribution in [0.2, 0.25) is 0 Å². The van der Waals surface area contributed by atoms with Gasteiger partial charge in [0.2, 0.25) is 0 Å². The van der Waals surface area contributed by atoms with Crippen LogP contribution in [-0.2, 0) is 20.7 Å². The number of carbonyl (C=O) groups excluding carboxylic acids is 2. The van der Waals surface area contributed by atoms with E-state index >= 15 is 0 Å². The number of hydrogen-bond acceptors (Lipinski definition) is 4. The van der Waals surface area contributed by atoms with Crippen LogP contribution in [0.3, 0.4) is 0 Å². The number of fused-ring (bicyclic) bond motifs is 3. The Bertz CT molecular complexity index is 941. The van der Waals surface area contributed by atoms with Gasteiger partial charge >= 0.3 is 5.97 Å². The maximum Gasteiger partial charge on any atom is 0.310 e. The fraction of sp³-hybridized carbons (Fsp3) is 0.333. The highest BCUT2D eigenvalue weighted by Crippen LogP contribution is 2.30. The molecule has 1 amide bonds. The van der Waals surface area contributed by atoms with Crippen LogP contribution >= 0.6 is 0 Å². The molecular weight excluding hydrogens is 330 g/mol. The Hall–Kier alpha value is -2.82. The molecule has 0 aliphatic heterocycles. The number of hydrogen-bond donors (Lipinski definition) is 1. The third kappa shape index (κ3) is 3.87. The zero-order chi connectivity index (χ0) is 18.7. The quantitative estimate of drug-likeness (QED) is 0.684. The molecule has 0 aliphatic rings. The van der Waals surface area contributed by atoms with Crippen molar-refractivity contribution >= 4 is 33.6 Å². The smallest absolute Gasteiger partial charge is 0.310 e. The van der Waals surface area contributed by atoms with Gasteiger partial charge in [-0.05, 0) is 29.7 Å². The predicted octanol–water partition coefficient (Wildman–Crippen LogP) is 3.83. The van der Waals surface area contributed by atoms with E-state index in [2.05, 4.69) is 5.32 Å². The lowest BCUT2D eigenvalue weighted by Crippen LogP contribution is -2.38. The molecule has 0 saturated heterocycles. The molecule has 1 aromatic heterocycles. The van der Waals surface area contributed by atoms with Crippen molar-refractivity contribution in [2.75, 3.05) is 6.61 Å². The summed E-state index contributed by atoms with van der Waals surface area (Å²) < 4.78 is 10.7. The van der Waals surface area contributed by atoms with Crippen LogP contribution in [-0.4, -0.2) is 24.5 Å². The first-order valence-electron chi connectivity index (χ1n) is 8.78. The molecule has 3 aromatic rings. The molecule has 0 bridgehead atoms. The van der Waals surface area contributed by atoms with Gasteiger partial charge < -0.3 is 14.5 Å². The number of benzene rings is 2. The first-order valence-corrected chi connectivity index (χ1v) is 8.78. The highest BCUT2D eigenvalue weighted by molar-refractivity contribution is 6.08. The Balaban J connectivity index is 1.68. The molecule has 0 radical (unpaired) electrons. The Morgan fingerprint density at radius 3 is 2.65 bits per heavy atom. The summed E-state index contributed by atoms with van der Waals surface area (Å²) in [5.41, 5.74) is 1.49. The van der Waals surface area contributed by atoms with Gasteiger partial charge in [-0.15, -0.1) is 0 Å². The van der Waals surface area contributed by atoms with Crippen molar-refractivity contribution in [1.82, 2.24) is 5.32 Å². The SMILES string of the molecule is CC(C)[C@@H](C)NC(=O)COC(=O)Cc1coc2ccc3ccccc3c12. The fourth-order valence-electron chi connectivity index (χ4n) is 2.82. The van der Waals surface area contributed by atoms with E-state index in [1.165, 1.54) is 0 Å². The van der Waals surface area contributed by atoms with Crippen molar-refractivity contribution in [1.29, 1.82) is 0 Å². The molecule has 1 heterocycles. The minimum atomic E-state index is -0.451. The van der Waals surface area contributed by atoms with Crippen LogP contribution in [0.15, 0.2) is 47.1 Å². The predicted molar refractivity (Wildman–Crippen MR) is 101 cm³/mol. The summed E-state index contributed by atoms with van der Waals surface area (Å²) >= 11 is 0. The second-order valence-electron chi connectivity index (χ2n) is 6.86. The molecule has 1 N–H and O–H groups in total. The van der Waals surface area contributed by atoms with Gasteiger partial charge in [-0.1, -0.05) is 44.2 Å². The van der Waals surface area contributed by atoms with Crippen molar-refractivity contribution in [3.63, 3.8) is 0 Å². The zero-order valence-electron chi connectivity index (χ0n) is 15.2. The van der Waals surface area contributed by atoms with E-state index in [9.17, 15) is 9.59 Å². The summed E-state index contributed by atoms with van der Waals surface area (Å²) in [4.78, 5) is 24.0. The molecule has 0 spiro atoms. The van der Waals surface area contributed by atoms with Crippen LogP contribution in [0.5, 0.6) is 0 Å². The molecule has 2 aromatic carbocycles. The Kier molecular flexibility index (Phi) is 5.26. The lowest BCUT2D eigenvalue weighted by molar-refractivity contribution is -0.148. The Labute approximate surface area is 152 Å². The minimum Gasteiger partial charge on any atom is -0.464 e. The normalized spacial score (nSPS) is 12.5. The van der Waals surface area contributed by atoms with Crippen molar-refractivity contribution in [3.05, 3.63) is 48.2 Å². The summed E-state index contributed by atoms with van der Waals surface area (Å²) in [5, 5.41) is 5.84. The van der Waals surface area contributed by atoms with Gasteiger partial charge in [0.25, 0.3) is 5.91 Å². The number of esters is 1. The Morgan fingerprint density at radius 1 is 1.12 bits per heavy atom. The standard InChI is InChI=1S/C21H23NO4/c1-13(2)14(3)22-19(23)12-26-20(24)10-16-11-25-18-9-8-15-6-4-5-7-17(15)21(16)18/h4-9,11,13-14H,10,12H2,1-3H3,(H,22,23)/t14-/m1/s1. The fourth-order valence-corrected chi connectivity index (χ4v) is 2.82. The van der Waals surface area contributed by atoms with E-state index in [-0.39, 0.29) is 25.0 Å². The summed E-state index contributed by atoms with van der Waals surface area (Å²) in [5.74, 6) is -0.421. The lowest BCUT2D eigenvalue weighted by Gasteiger charge is -2.17. The molecule has 26 heavy (non-hydrogen) atoms. The average Bonchev–Trinajstić information content (AvgIpc) is 3.03. The van der Waals surface area contributed by atoms with Gasteiger partial charge in [0, 0.05) is 17.0 Å². The second kappa shape index (κ2) is 7.60. The summed E-state index contributed by atoms with van der Waals surface area (Å²) in [7, 11) is 0. The molecule has 5 heteroatoms. The van der Waals surface area contributed by atoms with E-state index < -0.39 is 5.97 Å². The van der Waals surface area contributed by atoms with Gasteiger partial charge in [0.15, 0.2) is 6.61 Å². The van der Waals surface area contributed by atoms with Crippen LogP contribution in [0.1, 0.15) is 26.3 Å². The van der Waals surface area contributed by atoms with Crippen LogP contribution in [0, 0.1) is 5.92 Å². The molecule has 0 unspecified atom stereocenters. The molecular formula is C21H23NO4. The number of ether oxygens (including phenoxy) is 1. The molecule has 5 nitrogen and oxygen atoms in total. The van der Waals surface area contributed by atoms with Crippen LogP contribution in [0.4, 0.5) is 0 Å². The molecule has 3 rings (SSSR count). The summed E-state index contributed by atoms with van der Waals surface area (Å²) in [6.45, 7) is 5.69. The topological polar surface area (TPSA) is 68.5 Å². The first-order chi connectivity index (χ1) is 12.5. The third-order valence-electron chi connectivity index (χ3n) is 4.63. The summed E-state index contributed by atoms with van der Waals surface area (Å²) in [6.07, 6.45) is 1.65. The number of rotatable bonds is 6. The van der Waals surface area contributed by atoms with Gasteiger partial charge in [-0.25, -0.2) is 0 Å². The van der Waals surface area contributed by atoms with Crippen molar-refractivity contribution in [3.8, 4) is 0 Å². The van der Waals surface area contributed by atoms with E-state index in [0.29, 0.717) is 5.92 Å². The minimum absolute atomic E-state index is 0.0328. The number of nitrogens with one attached hydrogen (secondary N) is 1. The van der Waals surface area contributed by atoms with Crippen molar-refractivity contribution in [2.45, 2.75) is 33.2 Å². The van der Waals surface area contributed by atoms with E-state index in [0.717, 1.165) is 27.3 Å². The van der Waals surface area contributed by atoms with E-state index in [1.807, 2.05) is 57.2 Å². The lowest BCUT2D eigenvalue weighted by atomic mass is 10.0. The number of furan rings is 1. The van der Waals surface area contributed by atoms with Gasteiger partial charge in [0.05, 0.1) is 12.7 Å². The summed E-state index contributed by atoms with van der Waals surface area (Å²) in [6, 6.07) is 11.9. The second-order valence-corrected chi connectivity index (χ2v) is 6.86. The van der Waals surface area contributed by atoms with Gasteiger partial charge in [-0.2, -0.15) is 0 Å². The average molecular weight is 353 g/mol. The molecule has 0 fully saturated rings. The van der Waals surface area contributed by atoms with Crippen molar-refractivity contribution in [2.24, 2.45) is 5.92 Å². The largest absolute Gasteiger partial charge is 0.464 e. The van der Waals surface area contributed by atoms with Gasteiger partial charge in [0.1, 0.15) is 5.58 Å². The molecule has 1 atom stereocenters. The molecule has 0 aliphatic carbocycles. The van der Waals surface area contributed by atoms with Crippen LogP contribution in [0.25, 0.3) is 21.7 Å². The zero-order valence-corrected chi connectivity index (χ0v) is 15.2. The number of carbonyl (C=O) groups is 2. The van der Waals surface area contributed by atoms with Crippen molar-refractivity contribution < 1.29 is 18.7 Å². The maximum absolute atomic E-state index is 12.2. The third-order valence-corrected chi connectivity index (χ3v) is 4.63. The molecule has 136 valence electrons. The Morgan fingerprint density at radius 2 is 1.88 bits per heavy atom. The van der Waals surface area contributed by atoms with Crippen LogP contribution < -0.4 is 5.32 Å². The monoisotopic (exact) mass is 353 g/mol. The maximum atomic E-state index is 12.2. The number of amides is 1. The highest BCUT2D eigenvalue weighted by atomic mass is 16.5. The first kappa shape index (κ1) is 18.0. The van der Waals surface area contributed by atoms with E-state index in [1.54, 1.807) is 6.26 Å². The molecule has 0 saturated carbocycles. The van der Waals surface area contributed by atoms with Gasteiger partial charge in [-0.3, -0.25) is 9.59 Å². The highest BCUT2D eigenvalue weighted by Gasteiger charge is 2.16.